The maximum Gasteiger partial charge on any atom is 0.230 e. The van der Waals surface area contributed by atoms with Crippen molar-refractivity contribution in [3.63, 3.8) is 0 Å². The van der Waals surface area contributed by atoms with E-state index in [2.05, 4.69) is 5.32 Å². The summed E-state index contributed by atoms with van der Waals surface area (Å²) in [6, 6.07) is 8.59. The Bertz CT molecular complexity index is 755. The molecule has 7 heteroatoms. The molecule has 1 atom stereocenters. The topological polar surface area (TPSA) is 47.6 Å². The molecule has 134 valence electrons. The minimum absolute atomic E-state index is 0.0850. The van der Waals surface area contributed by atoms with Crippen molar-refractivity contribution in [3.05, 3.63) is 53.6 Å². The molecule has 1 unspecified atom stereocenters. The maximum absolute atomic E-state index is 13.2. The molecule has 0 aliphatic carbocycles. The van der Waals surface area contributed by atoms with E-state index in [0.717, 1.165) is 29.5 Å². The summed E-state index contributed by atoms with van der Waals surface area (Å²) >= 11 is 1.13. The van der Waals surface area contributed by atoms with E-state index < -0.39 is 11.6 Å². The minimum Gasteiger partial charge on any atom is -0.497 e. The van der Waals surface area contributed by atoms with Crippen LogP contribution in [0.5, 0.6) is 11.5 Å². The number of amides is 1. The molecule has 0 saturated heterocycles. The van der Waals surface area contributed by atoms with E-state index in [1.807, 2.05) is 6.92 Å². The molecule has 2 aromatic carbocycles. The normalized spacial score (nSPS) is 11.7. The number of carbonyl (C=O) groups excluding carboxylic acids is 1. The van der Waals surface area contributed by atoms with Crippen molar-refractivity contribution in [1.82, 2.24) is 5.32 Å². The number of nitrogens with one attached hydrogen (secondary N) is 1. The van der Waals surface area contributed by atoms with Crippen LogP contribution in [0.1, 0.15) is 18.5 Å². The Hall–Kier alpha value is -2.28. The number of carbonyl (C=O) groups is 1. The van der Waals surface area contributed by atoms with E-state index in [0.29, 0.717) is 16.4 Å². The third-order valence-electron chi connectivity index (χ3n) is 3.54. The second-order valence-corrected chi connectivity index (χ2v) is 6.31. The quantitative estimate of drug-likeness (QED) is 0.753. The summed E-state index contributed by atoms with van der Waals surface area (Å²) in [5.41, 5.74) is 0.785. The summed E-state index contributed by atoms with van der Waals surface area (Å²) in [6.45, 7) is 1.83. The van der Waals surface area contributed by atoms with Crippen LogP contribution in [0.15, 0.2) is 41.3 Å². The summed E-state index contributed by atoms with van der Waals surface area (Å²) in [6.07, 6.45) is 0. The summed E-state index contributed by atoms with van der Waals surface area (Å²) in [5.74, 6) is -0.684. The van der Waals surface area contributed by atoms with Crippen LogP contribution in [0.4, 0.5) is 8.78 Å². The Morgan fingerprint density at radius 2 is 1.88 bits per heavy atom. The number of benzene rings is 2. The first-order valence-electron chi connectivity index (χ1n) is 7.53. The molecule has 0 aromatic heterocycles. The molecule has 0 saturated carbocycles. The van der Waals surface area contributed by atoms with Crippen LogP contribution in [0.25, 0.3) is 0 Å². The molecular weight excluding hydrogens is 348 g/mol. The fraction of sp³-hybridized carbons (Fsp3) is 0.278. The number of hydrogen-bond donors (Lipinski definition) is 1. The van der Waals surface area contributed by atoms with E-state index in [4.69, 9.17) is 9.47 Å². The van der Waals surface area contributed by atoms with Gasteiger partial charge in [0.2, 0.25) is 5.91 Å². The number of hydrogen-bond acceptors (Lipinski definition) is 4. The molecule has 0 aliphatic heterocycles. The first-order valence-corrected chi connectivity index (χ1v) is 8.52. The Balaban J connectivity index is 1.99. The van der Waals surface area contributed by atoms with Crippen molar-refractivity contribution >= 4 is 17.7 Å². The zero-order valence-electron chi connectivity index (χ0n) is 14.1. The molecule has 4 nitrogen and oxygen atoms in total. The predicted octanol–water partition coefficient (Wildman–Crippen LogP) is 3.95. The second-order valence-electron chi connectivity index (χ2n) is 5.26. The number of rotatable bonds is 7. The monoisotopic (exact) mass is 367 g/mol. The Morgan fingerprint density at radius 1 is 1.12 bits per heavy atom. The van der Waals surface area contributed by atoms with E-state index >= 15 is 0 Å². The Kier molecular flexibility index (Phi) is 6.64. The van der Waals surface area contributed by atoms with Crippen molar-refractivity contribution in [2.75, 3.05) is 20.0 Å². The van der Waals surface area contributed by atoms with Gasteiger partial charge in [0.1, 0.15) is 11.5 Å². The average Bonchev–Trinajstić information content (AvgIpc) is 2.62. The van der Waals surface area contributed by atoms with Crippen LogP contribution in [-0.2, 0) is 4.79 Å². The van der Waals surface area contributed by atoms with Crippen LogP contribution in [0.2, 0.25) is 0 Å². The molecule has 0 heterocycles. The maximum atomic E-state index is 13.2. The molecule has 0 radical (unpaired) electrons. The van der Waals surface area contributed by atoms with Crippen LogP contribution >= 0.6 is 11.8 Å². The van der Waals surface area contributed by atoms with Crippen molar-refractivity contribution < 1.29 is 23.0 Å². The number of halogens is 2. The lowest BCUT2D eigenvalue weighted by Gasteiger charge is -2.18. The molecule has 0 bridgehead atoms. The highest BCUT2D eigenvalue weighted by molar-refractivity contribution is 8.00. The molecule has 2 aromatic rings. The third-order valence-corrected chi connectivity index (χ3v) is 4.54. The smallest absolute Gasteiger partial charge is 0.230 e. The fourth-order valence-electron chi connectivity index (χ4n) is 2.25. The predicted molar refractivity (Wildman–Crippen MR) is 93.2 cm³/mol. The minimum atomic E-state index is -0.931. The fourth-order valence-corrected chi connectivity index (χ4v) is 2.99. The molecule has 1 N–H and O–H groups in total. The number of thioether (sulfide) groups is 1. The van der Waals surface area contributed by atoms with Gasteiger partial charge in [0.05, 0.1) is 26.0 Å². The van der Waals surface area contributed by atoms with Crippen LogP contribution in [0, 0.1) is 11.6 Å². The van der Waals surface area contributed by atoms with Gasteiger partial charge in [0, 0.05) is 10.5 Å². The molecular formula is C18H19F2NO3S. The number of methoxy groups -OCH3 is 2. The lowest BCUT2D eigenvalue weighted by atomic mass is 10.1. The zero-order chi connectivity index (χ0) is 18.4. The van der Waals surface area contributed by atoms with Gasteiger partial charge in [0.25, 0.3) is 0 Å². The van der Waals surface area contributed by atoms with Gasteiger partial charge in [-0.1, -0.05) is 0 Å². The summed E-state index contributed by atoms with van der Waals surface area (Å²) in [7, 11) is 3.12. The van der Waals surface area contributed by atoms with E-state index in [9.17, 15) is 13.6 Å². The van der Waals surface area contributed by atoms with E-state index in [1.165, 1.54) is 6.07 Å². The highest BCUT2D eigenvalue weighted by Gasteiger charge is 2.15. The lowest BCUT2D eigenvalue weighted by molar-refractivity contribution is -0.119. The van der Waals surface area contributed by atoms with Gasteiger partial charge in [-0.3, -0.25) is 4.79 Å². The highest BCUT2D eigenvalue weighted by atomic mass is 32.2. The van der Waals surface area contributed by atoms with Crippen LogP contribution in [-0.4, -0.2) is 25.9 Å². The van der Waals surface area contributed by atoms with Crippen LogP contribution in [0.3, 0.4) is 0 Å². The van der Waals surface area contributed by atoms with Gasteiger partial charge < -0.3 is 14.8 Å². The molecule has 1 amide bonds. The molecule has 0 spiro atoms. The average molecular weight is 367 g/mol. The van der Waals surface area contributed by atoms with Crippen LogP contribution < -0.4 is 14.8 Å². The largest absolute Gasteiger partial charge is 0.497 e. The van der Waals surface area contributed by atoms with Crippen molar-refractivity contribution in [2.45, 2.75) is 17.9 Å². The van der Waals surface area contributed by atoms with Gasteiger partial charge in [0.15, 0.2) is 11.6 Å². The first kappa shape index (κ1) is 19.1. The molecule has 0 fully saturated rings. The Morgan fingerprint density at radius 3 is 2.52 bits per heavy atom. The van der Waals surface area contributed by atoms with Gasteiger partial charge in [-0.05, 0) is 43.3 Å². The second kappa shape index (κ2) is 8.71. The third kappa shape index (κ3) is 5.09. The summed E-state index contributed by atoms with van der Waals surface area (Å²) < 4.78 is 36.6. The van der Waals surface area contributed by atoms with E-state index in [1.54, 1.807) is 32.4 Å². The standard InChI is InChI=1S/C18H19F2NO3S/c1-11(14-8-12(23-2)4-7-17(14)24-3)21-18(22)10-25-13-5-6-15(19)16(20)9-13/h4-9,11H,10H2,1-3H3,(H,21,22). The van der Waals surface area contributed by atoms with Gasteiger partial charge >= 0.3 is 0 Å². The van der Waals surface area contributed by atoms with Crippen molar-refractivity contribution in [3.8, 4) is 11.5 Å². The van der Waals surface area contributed by atoms with E-state index in [-0.39, 0.29) is 17.7 Å². The lowest BCUT2D eigenvalue weighted by Crippen LogP contribution is -2.28. The Labute approximate surface area is 149 Å². The van der Waals surface area contributed by atoms with Gasteiger partial charge in [-0.15, -0.1) is 11.8 Å². The number of ether oxygens (including phenoxy) is 2. The molecule has 25 heavy (non-hydrogen) atoms. The summed E-state index contributed by atoms with van der Waals surface area (Å²) in [5, 5.41) is 2.86. The zero-order valence-corrected chi connectivity index (χ0v) is 15.0. The molecule has 0 aliphatic rings. The highest BCUT2D eigenvalue weighted by Crippen LogP contribution is 2.29. The van der Waals surface area contributed by atoms with Crippen molar-refractivity contribution in [2.24, 2.45) is 0 Å². The first-order chi connectivity index (χ1) is 11.9. The summed E-state index contributed by atoms with van der Waals surface area (Å²) in [4.78, 5) is 12.6. The van der Waals surface area contributed by atoms with Gasteiger partial charge in [-0.2, -0.15) is 0 Å². The van der Waals surface area contributed by atoms with Crippen molar-refractivity contribution in [1.29, 1.82) is 0 Å². The van der Waals surface area contributed by atoms with Gasteiger partial charge in [-0.25, -0.2) is 8.78 Å². The SMILES string of the molecule is COc1ccc(OC)c(C(C)NC(=O)CSc2ccc(F)c(F)c2)c1. The molecule has 2 rings (SSSR count).